The topological polar surface area (TPSA) is 32.3 Å². The van der Waals surface area contributed by atoms with Gasteiger partial charge in [-0.1, -0.05) is 20.3 Å². The van der Waals surface area contributed by atoms with Crippen molar-refractivity contribution in [1.29, 1.82) is 0 Å². The monoisotopic (exact) mass is 254 g/mol. The molecule has 1 N–H and O–H groups in total. The summed E-state index contributed by atoms with van der Waals surface area (Å²) >= 11 is 0. The fraction of sp³-hybridized carbons (Fsp3) is 0.933. The number of piperidine rings is 1. The first-order chi connectivity index (χ1) is 8.56. The molecule has 1 aliphatic rings. The standard InChI is InChI=1S/C15H30N2O/c1-5-7-13(4)15(18)17(12(2)3)11-14-8-6-9-16-10-14/h12-14,16H,5-11H2,1-4H3. The lowest BCUT2D eigenvalue weighted by atomic mass is 9.97. The van der Waals surface area contributed by atoms with Gasteiger partial charge in [-0.3, -0.25) is 4.79 Å². The van der Waals surface area contributed by atoms with E-state index in [0.717, 1.165) is 32.5 Å². The Balaban J connectivity index is 2.55. The molecule has 3 heteroatoms. The lowest BCUT2D eigenvalue weighted by Gasteiger charge is -2.34. The molecule has 2 atom stereocenters. The number of hydrogen-bond acceptors (Lipinski definition) is 2. The van der Waals surface area contributed by atoms with Crippen molar-refractivity contribution < 1.29 is 4.79 Å². The quantitative estimate of drug-likeness (QED) is 0.790. The summed E-state index contributed by atoms with van der Waals surface area (Å²) in [4.78, 5) is 14.5. The van der Waals surface area contributed by atoms with Crippen LogP contribution in [0.2, 0.25) is 0 Å². The molecule has 1 amide bonds. The van der Waals surface area contributed by atoms with Gasteiger partial charge in [0.25, 0.3) is 0 Å². The Bertz CT molecular complexity index is 247. The Hall–Kier alpha value is -0.570. The van der Waals surface area contributed by atoms with Crippen LogP contribution in [0.3, 0.4) is 0 Å². The summed E-state index contributed by atoms with van der Waals surface area (Å²) in [5.41, 5.74) is 0. The summed E-state index contributed by atoms with van der Waals surface area (Å²) in [5.74, 6) is 1.16. The smallest absolute Gasteiger partial charge is 0.225 e. The van der Waals surface area contributed by atoms with Crippen LogP contribution in [0, 0.1) is 11.8 Å². The lowest BCUT2D eigenvalue weighted by molar-refractivity contribution is -0.137. The minimum Gasteiger partial charge on any atom is -0.340 e. The van der Waals surface area contributed by atoms with E-state index in [1.54, 1.807) is 0 Å². The summed E-state index contributed by atoms with van der Waals surface area (Å²) in [6, 6.07) is 0.318. The summed E-state index contributed by atoms with van der Waals surface area (Å²) < 4.78 is 0. The fourth-order valence-electron chi connectivity index (χ4n) is 2.75. The molecular weight excluding hydrogens is 224 g/mol. The van der Waals surface area contributed by atoms with Gasteiger partial charge in [-0.15, -0.1) is 0 Å². The van der Waals surface area contributed by atoms with Gasteiger partial charge < -0.3 is 10.2 Å². The van der Waals surface area contributed by atoms with E-state index in [-0.39, 0.29) is 5.92 Å². The molecule has 0 saturated carbocycles. The van der Waals surface area contributed by atoms with Crippen molar-refractivity contribution in [3.63, 3.8) is 0 Å². The molecule has 2 unspecified atom stereocenters. The van der Waals surface area contributed by atoms with E-state index < -0.39 is 0 Å². The van der Waals surface area contributed by atoms with Crippen LogP contribution in [0.15, 0.2) is 0 Å². The second kappa shape index (κ2) is 7.78. The zero-order valence-corrected chi connectivity index (χ0v) is 12.5. The molecule has 1 saturated heterocycles. The van der Waals surface area contributed by atoms with Crippen molar-refractivity contribution in [2.75, 3.05) is 19.6 Å². The molecule has 0 aromatic rings. The molecular formula is C15H30N2O. The first kappa shape index (κ1) is 15.5. The van der Waals surface area contributed by atoms with Crippen LogP contribution >= 0.6 is 0 Å². The number of amides is 1. The van der Waals surface area contributed by atoms with Gasteiger partial charge in [0.15, 0.2) is 0 Å². The maximum absolute atomic E-state index is 12.5. The van der Waals surface area contributed by atoms with Crippen LogP contribution in [0.4, 0.5) is 0 Å². The SMILES string of the molecule is CCCC(C)C(=O)N(CC1CCCNC1)C(C)C. The van der Waals surface area contributed by atoms with Crippen molar-refractivity contribution in [2.45, 2.75) is 59.4 Å². The summed E-state index contributed by atoms with van der Waals surface area (Å²) in [7, 11) is 0. The Morgan fingerprint density at radius 1 is 1.39 bits per heavy atom. The highest BCUT2D eigenvalue weighted by atomic mass is 16.2. The molecule has 0 spiro atoms. The maximum Gasteiger partial charge on any atom is 0.225 e. The highest BCUT2D eigenvalue weighted by Gasteiger charge is 2.25. The molecule has 1 fully saturated rings. The Kier molecular flexibility index (Phi) is 6.69. The number of nitrogens with one attached hydrogen (secondary N) is 1. The fourth-order valence-corrected chi connectivity index (χ4v) is 2.75. The van der Waals surface area contributed by atoms with E-state index in [9.17, 15) is 4.79 Å². The van der Waals surface area contributed by atoms with E-state index >= 15 is 0 Å². The van der Waals surface area contributed by atoms with Crippen LogP contribution in [-0.4, -0.2) is 36.5 Å². The third-order valence-electron chi connectivity index (χ3n) is 3.90. The van der Waals surface area contributed by atoms with Gasteiger partial charge in [-0.05, 0) is 52.1 Å². The van der Waals surface area contributed by atoms with Crippen LogP contribution < -0.4 is 5.32 Å². The van der Waals surface area contributed by atoms with E-state index in [0.29, 0.717) is 17.9 Å². The minimum absolute atomic E-state index is 0.175. The molecule has 1 aliphatic heterocycles. The van der Waals surface area contributed by atoms with E-state index in [2.05, 4.69) is 37.9 Å². The van der Waals surface area contributed by atoms with Crippen molar-refractivity contribution in [3.05, 3.63) is 0 Å². The third kappa shape index (κ3) is 4.60. The van der Waals surface area contributed by atoms with Gasteiger partial charge in [-0.25, -0.2) is 0 Å². The summed E-state index contributed by atoms with van der Waals surface area (Å²) in [6.45, 7) is 11.6. The lowest BCUT2D eigenvalue weighted by Crippen LogP contribution is -2.46. The van der Waals surface area contributed by atoms with Crippen molar-refractivity contribution >= 4 is 5.91 Å². The number of rotatable bonds is 6. The minimum atomic E-state index is 0.175. The van der Waals surface area contributed by atoms with Crippen molar-refractivity contribution in [1.82, 2.24) is 10.2 Å². The Morgan fingerprint density at radius 2 is 2.11 bits per heavy atom. The highest BCUT2D eigenvalue weighted by Crippen LogP contribution is 2.17. The third-order valence-corrected chi connectivity index (χ3v) is 3.90. The second-order valence-electron chi connectivity index (χ2n) is 5.99. The molecule has 106 valence electrons. The molecule has 0 aromatic heterocycles. The van der Waals surface area contributed by atoms with Crippen LogP contribution in [0.5, 0.6) is 0 Å². The summed E-state index contributed by atoms with van der Waals surface area (Å²) in [6.07, 6.45) is 4.59. The van der Waals surface area contributed by atoms with Gasteiger partial charge in [-0.2, -0.15) is 0 Å². The van der Waals surface area contributed by atoms with E-state index in [1.807, 2.05) is 0 Å². The first-order valence-electron chi connectivity index (χ1n) is 7.57. The predicted molar refractivity (Wildman–Crippen MR) is 76.5 cm³/mol. The average Bonchev–Trinajstić information content (AvgIpc) is 2.36. The van der Waals surface area contributed by atoms with Gasteiger partial charge >= 0.3 is 0 Å². The maximum atomic E-state index is 12.5. The number of hydrogen-bond donors (Lipinski definition) is 1. The zero-order valence-electron chi connectivity index (χ0n) is 12.5. The molecule has 0 radical (unpaired) electrons. The molecule has 0 aromatic carbocycles. The van der Waals surface area contributed by atoms with Crippen LogP contribution in [-0.2, 0) is 4.79 Å². The molecule has 18 heavy (non-hydrogen) atoms. The Labute approximate surface area is 112 Å². The normalized spacial score (nSPS) is 21.9. The summed E-state index contributed by atoms with van der Waals surface area (Å²) in [5, 5.41) is 3.43. The molecule has 0 aliphatic carbocycles. The molecule has 1 rings (SSSR count). The largest absolute Gasteiger partial charge is 0.340 e. The molecule has 3 nitrogen and oxygen atoms in total. The highest BCUT2D eigenvalue weighted by molar-refractivity contribution is 5.78. The number of carbonyl (C=O) groups excluding carboxylic acids is 1. The number of nitrogens with zero attached hydrogens (tertiary/aromatic N) is 1. The molecule has 1 heterocycles. The van der Waals surface area contributed by atoms with Crippen molar-refractivity contribution in [2.24, 2.45) is 11.8 Å². The van der Waals surface area contributed by atoms with Gasteiger partial charge in [0, 0.05) is 18.5 Å². The molecule has 0 bridgehead atoms. The average molecular weight is 254 g/mol. The number of carbonyl (C=O) groups is 1. The second-order valence-corrected chi connectivity index (χ2v) is 5.99. The van der Waals surface area contributed by atoms with Crippen LogP contribution in [0.25, 0.3) is 0 Å². The van der Waals surface area contributed by atoms with Gasteiger partial charge in [0.05, 0.1) is 0 Å². The zero-order chi connectivity index (χ0) is 13.5. The Morgan fingerprint density at radius 3 is 2.61 bits per heavy atom. The first-order valence-corrected chi connectivity index (χ1v) is 7.57. The van der Waals surface area contributed by atoms with E-state index in [1.165, 1.54) is 12.8 Å². The van der Waals surface area contributed by atoms with Crippen molar-refractivity contribution in [3.8, 4) is 0 Å². The van der Waals surface area contributed by atoms with E-state index in [4.69, 9.17) is 0 Å². The van der Waals surface area contributed by atoms with Gasteiger partial charge in [0.1, 0.15) is 0 Å². The van der Waals surface area contributed by atoms with Gasteiger partial charge in [0.2, 0.25) is 5.91 Å². The predicted octanol–water partition coefficient (Wildman–Crippen LogP) is 2.66. The van der Waals surface area contributed by atoms with Crippen LogP contribution in [0.1, 0.15) is 53.4 Å².